The van der Waals surface area contributed by atoms with Crippen LogP contribution in [0.1, 0.15) is 9.68 Å². The van der Waals surface area contributed by atoms with Crippen LogP contribution >= 0.6 is 0 Å². The van der Waals surface area contributed by atoms with E-state index in [0.29, 0.717) is 5.82 Å². The Balaban J connectivity index is 1.20. The third kappa shape index (κ3) is 4.66. The van der Waals surface area contributed by atoms with E-state index < -0.39 is 6.85 Å². The first kappa shape index (κ1) is 24.8. The maximum atomic E-state index is 8.05. The van der Waals surface area contributed by atoms with Crippen LogP contribution in [0, 0.1) is 6.85 Å². The van der Waals surface area contributed by atoms with Crippen LogP contribution in [0.4, 0.5) is 39.8 Å². The highest BCUT2D eigenvalue weighted by Crippen LogP contribution is 2.46. The van der Waals surface area contributed by atoms with Gasteiger partial charge in [-0.2, -0.15) is 10.1 Å². The van der Waals surface area contributed by atoms with Crippen molar-refractivity contribution in [3.05, 3.63) is 176 Å². The molecule has 0 N–H and O–H groups in total. The van der Waals surface area contributed by atoms with Gasteiger partial charge in [0.2, 0.25) is 0 Å². The minimum Gasteiger partial charge on any atom is -0.310 e. The number of para-hydroxylation sites is 5. The van der Waals surface area contributed by atoms with Gasteiger partial charge in [-0.3, -0.25) is 4.57 Å². The molecule has 0 bridgehead atoms. The second kappa shape index (κ2) is 11.5. The molecule has 0 radical (unpaired) electrons. The number of hydrogen-bond donors (Lipinski definition) is 0. The summed E-state index contributed by atoms with van der Waals surface area (Å²) in [5, 5.41) is 5.81. The molecule has 0 fully saturated rings. The van der Waals surface area contributed by atoms with Gasteiger partial charge in [-0.25, -0.2) is 4.98 Å². The van der Waals surface area contributed by atoms with Gasteiger partial charge in [0.05, 0.1) is 33.8 Å². The van der Waals surface area contributed by atoms with Crippen LogP contribution in [0.5, 0.6) is 0 Å². The Hall–Kier alpha value is -6.37. The fraction of sp³-hybridized carbons (Fsp3) is 0.0238. The number of aromatic nitrogens is 2. The highest BCUT2D eigenvalue weighted by atomic mass is 16.8. The molecule has 48 heavy (non-hydrogen) atoms. The minimum atomic E-state index is -2.26. The molecule has 1 aliphatic rings. The number of aryl methyl sites for hydroxylation is 1. The first-order valence-electron chi connectivity index (χ1n) is 17.3. The van der Waals surface area contributed by atoms with Crippen molar-refractivity contribution >= 4 is 61.6 Å². The molecular formula is C42H31N5O. The van der Waals surface area contributed by atoms with Gasteiger partial charge in [0, 0.05) is 38.1 Å². The molecule has 6 nitrogen and oxygen atoms in total. The van der Waals surface area contributed by atoms with Crippen LogP contribution in [0.15, 0.2) is 170 Å². The van der Waals surface area contributed by atoms with Gasteiger partial charge in [-0.05, 0) is 97.3 Å². The van der Waals surface area contributed by atoms with Gasteiger partial charge in [0.15, 0.2) is 0 Å². The van der Waals surface area contributed by atoms with Crippen LogP contribution < -0.4 is 15.0 Å². The summed E-state index contributed by atoms with van der Waals surface area (Å²) < 4.78 is 26.2. The Morgan fingerprint density at radius 3 is 2.00 bits per heavy atom. The molecule has 0 spiro atoms. The summed E-state index contributed by atoms with van der Waals surface area (Å²) in [6.07, 6.45) is 1.57. The maximum absolute atomic E-state index is 8.05. The molecule has 2 aromatic heterocycles. The van der Waals surface area contributed by atoms with Gasteiger partial charge < -0.3 is 4.90 Å². The zero-order valence-electron chi connectivity index (χ0n) is 28.8. The highest BCUT2D eigenvalue weighted by Gasteiger charge is 2.30. The summed E-state index contributed by atoms with van der Waals surface area (Å²) in [5.74, 6) is 0.549. The van der Waals surface area contributed by atoms with Crippen LogP contribution in [0.25, 0.3) is 27.6 Å². The van der Waals surface area contributed by atoms with Crippen molar-refractivity contribution in [1.29, 1.82) is 0 Å². The topological polar surface area (TPSA) is 36.8 Å². The standard InChI is InChI=1S/C42H31N5O/c1-30-25-26-43-42(27-30)45-38-20-9-8-19-36(38)37-24-23-34(29-41(37)45)44(31-13-4-2-5-14-31)33-17-12-18-35(28-33)47-40-22-11-10-21-39(40)46(48-47)32-15-6-3-7-16-32/h2-29H,1H3/i1D3. The van der Waals surface area contributed by atoms with Crippen molar-refractivity contribution in [2.24, 2.45) is 0 Å². The number of nitrogens with zero attached hydrogens (tertiary/aromatic N) is 5. The van der Waals surface area contributed by atoms with E-state index in [4.69, 9.17) is 9.05 Å². The number of pyridine rings is 1. The first-order chi connectivity index (χ1) is 24.9. The van der Waals surface area contributed by atoms with Gasteiger partial charge >= 0.3 is 0 Å². The molecule has 6 aromatic carbocycles. The molecule has 0 aliphatic carbocycles. The molecule has 6 heteroatoms. The zero-order valence-corrected chi connectivity index (χ0v) is 25.8. The predicted octanol–water partition coefficient (Wildman–Crippen LogP) is 11.1. The molecule has 3 heterocycles. The summed E-state index contributed by atoms with van der Waals surface area (Å²) in [6, 6.07) is 54.5. The lowest BCUT2D eigenvalue weighted by Gasteiger charge is -2.27. The number of rotatable bonds is 6. The van der Waals surface area contributed by atoms with E-state index >= 15 is 0 Å². The van der Waals surface area contributed by atoms with E-state index in [-0.39, 0.29) is 5.56 Å². The molecule has 9 rings (SSSR count). The van der Waals surface area contributed by atoms with Crippen molar-refractivity contribution in [2.75, 3.05) is 15.0 Å². The smallest absolute Gasteiger partial charge is 0.137 e. The third-order valence-corrected chi connectivity index (χ3v) is 8.70. The molecule has 230 valence electrons. The predicted molar refractivity (Wildman–Crippen MR) is 196 cm³/mol. The second-order valence-corrected chi connectivity index (χ2v) is 11.6. The van der Waals surface area contributed by atoms with Crippen molar-refractivity contribution in [3.8, 4) is 5.82 Å². The third-order valence-electron chi connectivity index (χ3n) is 8.70. The lowest BCUT2D eigenvalue weighted by Crippen LogP contribution is -2.21. The molecule has 1 aliphatic heterocycles. The fourth-order valence-electron chi connectivity index (χ4n) is 6.58. The monoisotopic (exact) mass is 624 g/mol. The van der Waals surface area contributed by atoms with E-state index in [2.05, 4.69) is 75.1 Å². The van der Waals surface area contributed by atoms with E-state index in [0.717, 1.165) is 61.6 Å². The van der Waals surface area contributed by atoms with Gasteiger partial charge in [0.1, 0.15) is 5.82 Å². The highest BCUT2D eigenvalue weighted by molar-refractivity contribution is 6.10. The summed E-state index contributed by atoms with van der Waals surface area (Å²) in [6.45, 7) is -2.26. The van der Waals surface area contributed by atoms with Crippen molar-refractivity contribution in [2.45, 2.75) is 6.85 Å². The average molecular weight is 625 g/mol. The van der Waals surface area contributed by atoms with Crippen molar-refractivity contribution in [1.82, 2.24) is 9.55 Å². The number of benzene rings is 6. The quantitative estimate of drug-likeness (QED) is 0.184. The Kier molecular flexibility index (Phi) is 5.92. The maximum Gasteiger partial charge on any atom is 0.137 e. The average Bonchev–Trinajstić information content (AvgIpc) is 3.72. The zero-order chi connectivity index (χ0) is 34.5. The molecule has 0 saturated carbocycles. The van der Waals surface area contributed by atoms with Gasteiger partial charge in [-0.15, -0.1) is 4.94 Å². The van der Waals surface area contributed by atoms with E-state index in [1.54, 1.807) is 18.3 Å². The van der Waals surface area contributed by atoms with Crippen LogP contribution in [-0.2, 0) is 4.94 Å². The van der Waals surface area contributed by atoms with Crippen LogP contribution in [0.3, 0.4) is 0 Å². The first-order valence-corrected chi connectivity index (χ1v) is 15.8. The van der Waals surface area contributed by atoms with E-state index in [9.17, 15) is 0 Å². The minimum absolute atomic E-state index is 0.244. The molecule has 8 aromatic rings. The lowest BCUT2D eigenvalue weighted by atomic mass is 10.1. The SMILES string of the molecule is [2H]C([2H])([2H])c1ccnc(-n2c3ccccc3c3ccc(N(c4ccccc4)c4cccc(N5ON(c6ccccc6)c6ccccc65)c4)cc32)c1. The molecule has 0 unspecified atom stereocenters. The van der Waals surface area contributed by atoms with Crippen molar-refractivity contribution in [3.63, 3.8) is 0 Å². The normalized spacial score (nSPS) is 13.7. The molecular weight excluding hydrogens is 590 g/mol. The summed E-state index contributed by atoms with van der Waals surface area (Å²) in [4.78, 5) is 13.4. The molecule has 0 atom stereocenters. The fourth-order valence-corrected chi connectivity index (χ4v) is 6.58. The lowest BCUT2D eigenvalue weighted by molar-refractivity contribution is 0.156. The van der Waals surface area contributed by atoms with E-state index in [1.165, 1.54) is 0 Å². The summed E-state index contributed by atoms with van der Waals surface area (Å²) in [7, 11) is 0. The summed E-state index contributed by atoms with van der Waals surface area (Å²) >= 11 is 0. The van der Waals surface area contributed by atoms with Crippen LogP contribution in [-0.4, -0.2) is 9.55 Å². The summed E-state index contributed by atoms with van der Waals surface area (Å²) in [5.41, 5.74) is 8.61. The Labute approximate surface area is 283 Å². The van der Waals surface area contributed by atoms with E-state index in [1.807, 2.05) is 101 Å². The molecule has 0 saturated heterocycles. The molecule has 0 amide bonds. The number of hydrogen-bond acceptors (Lipinski definition) is 5. The second-order valence-electron chi connectivity index (χ2n) is 11.6. The number of anilines is 7. The van der Waals surface area contributed by atoms with Gasteiger partial charge in [-0.1, -0.05) is 78.9 Å². The van der Waals surface area contributed by atoms with Crippen LogP contribution in [0.2, 0.25) is 0 Å². The largest absolute Gasteiger partial charge is 0.310 e. The van der Waals surface area contributed by atoms with Crippen molar-refractivity contribution < 1.29 is 9.05 Å². The van der Waals surface area contributed by atoms with Gasteiger partial charge in [0.25, 0.3) is 0 Å². The Morgan fingerprint density at radius 2 is 1.19 bits per heavy atom. The Bertz CT molecular complexity index is 2540. The number of fused-ring (bicyclic) bond motifs is 4. The Morgan fingerprint density at radius 1 is 0.542 bits per heavy atom.